The van der Waals surface area contributed by atoms with Gasteiger partial charge in [-0.3, -0.25) is 4.79 Å². The molecule has 0 spiro atoms. The first-order chi connectivity index (χ1) is 14.1. The second kappa shape index (κ2) is 9.75. The van der Waals surface area contributed by atoms with Crippen LogP contribution in [0.2, 0.25) is 0 Å². The van der Waals surface area contributed by atoms with Gasteiger partial charge in [-0.25, -0.2) is 4.79 Å². The number of rotatable bonds is 8. The van der Waals surface area contributed by atoms with E-state index in [0.717, 1.165) is 5.75 Å². The summed E-state index contributed by atoms with van der Waals surface area (Å²) in [7, 11) is 3.24. The zero-order chi connectivity index (χ0) is 20.6. The van der Waals surface area contributed by atoms with Gasteiger partial charge < -0.3 is 19.1 Å². The standard InChI is InChI=1S/C22H21NO5S/c1-23(21(24)20-8-5-15-29-20)19-7-4-3-6-18(19)22(25)28-14-13-27-17-11-9-16(26-2)10-12-17/h3-12,15H,13-14H2,1-2H3. The lowest BCUT2D eigenvalue weighted by Gasteiger charge is -2.19. The number of hydrogen-bond donors (Lipinski definition) is 0. The highest BCUT2D eigenvalue weighted by molar-refractivity contribution is 7.12. The summed E-state index contributed by atoms with van der Waals surface area (Å²) in [4.78, 5) is 27.2. The summed E-state index contributed by atoms with van der Waals surface area (Å²) in [5.41, 5.74) is 0.816. The van der Waals surface area contributed by atoms with Crippen LogP contribution in [0, 0.1) is 0 Å². The zero-order valence-corrected chi connectivity index (χ0v) is 17.0. The molecule has 1 amide bonds. The molecule has 1 aromatic heterocycles. The fourth-order valence-corrected chi connectivity index (χ4v) is 3.36. The molecule has 0 fully saturated rings. The molecule has 7 heteroatoms. The van der Waals surface area contributed by atoms with E-state index in [0.29, 0.717) is 21.9 Å². The number of nitrogens with zero attached hydrogens (tertiary/aromatic N) is 1. The lowest BCUT2D eigenvalue weighted by Crippen LogP contribution is -2.27. The number of benzene rings is 2. The van der Waals surface area contributed by atoms with Crippen LogP contribution in [0.25, 0.3) is 0 Å². The lowest BCUT2D eigenvalue weighted by atomic mass is 10.1. The Bertz CT molecular complexity index is 954. The quantitative estimate of drug-likeness (QED) is 0.409. The number of carbonyl (C=O) groups is 2. The van der Waals surface area contributed by atoms with Crippen LogP contribution in [-0.4, -0.2) is 39.2 Å². The van der Waals surface area contributed by atoms with Crippen molar-refractivity contribution in [2.75, 3.05) is 32.3 Å². The number of para-hydroxylation sites is 1. The molecule has 29 heavy (non-hydrogen) atoms. The third kappa shape index (κ3) is 5.14. The van der Waals surface area contributed by atoms with E-state index in [1.165, 1.54) is 16.2 Å². The SMILES string of the molecule is COc1ccc(OCCOC(=O)c2ccccc2N(C)C(=O)c2cccs2)cc1. The molecule has 150 valence electrons. The van der Waals surface area contributed by atoms with Crippen LogP contribution in [0.4, 0.5) is 5.69 Å². The van der Waals surface area contributed by atoms with Gasteiger partial charge in [0.25, 0.3) is 5.91 Å². The highest BCUT2D eigenvalue weighted by Gasteiger charge is 2.20. The molecule has 6 nitrogen and oxygen atoms in total. The molecule has 0 aliphatic rings. The molecule has 3 aromatic rings. The molecule has 2 aromatic carbocycles. The molecule has 1 heterocycles. The Morgan fingerprint density at radius 2 is 1.66 bits per heavy atom. The van der Waals surface area contributed by atoms with Gasteiger partial charge in [0, 0.05) is 7.05 Å². The number of esters is 1. The fourth-order valence-electron chi connectivity index (χ4n) is 2.66. The van der Waals surface area contributed by atoms with Gasteiger partial charge in [-0.15, -0.1) is 11.3 Å². The Balaban J connectivity index is 1.58. The van der Waals surface area contributed by atoms with Crippen LogP contribution in [0.5, 0.6) is 11.5 Å². The summed E-state index contributed by atoms with van der Waals surface area (Å²) in [6.45, 7) is 0.298. The van der Waals surface area contributed by atoms with E-state index in [-0.39, 0.29) is 19.1 Å². The molecule has 0 aliphatic heterocycles. The van der Waals surface area contributed by atoms with Crippen molar-refractivity contribution in [2.45, 2.75) is 0 Å². The molecule has 0 radical (unpaired) electrons. The van der Waals surface area contributed by atoms with Crippen molar-refractivity contribution < 1.29 is 23.8 Å². The largest absolute Gasteiger partial charge is 0.497 e. The molecule has 0 atom stereocenters. The predicted octanol–water partition coefficient (Wildman–Crippen LogP) is 4.27. The summed E-state index contributed by atoms with van der Waals surface area (Å²) in [5.74, 6) is 0.706. The molecule has 0 saturated carbocycles. The van der Waals surface area contributed by atoms with Gasteiger partial charge in [0.05, 0.1) is 23.2 Å². The monoisotopic (exact) mass is 411 g/mol. The van der Waals surface area contributed by atoms with Crippen LogP contribution in [0.3, 0.4) is 0 Å². The van der Waals surface area contributed by atoms with E-state index >= 15 is 0 Å². The number of hydrogen-bond acceptors (Lipinski definition) is 6. The fraction of sp³-hybridized carbons (Fsp3) is 0.182. The van der Waals surface area contributed by atoms with Gasteiger partial charge >= 0.3 is 5.97 Å². The topological polar surface area (TPSA) is 65.1 Å². The molecular weight excluding hydrogens is 390 g/mol. The van der Waals surface area contributed by atoms with Gasteiger partial charge in [0.2, 0.25) is 0 Å². The van der Waals surface area contributed by atoms with Crippen molar-refractivity contribution >= 4 is 28.9 Å². The molecule has 0 unspecified atom stereocenters. The van der Waals surface area contributed by atoms with Crippen molar-refractivity contribution in [2.24, 2.45) is 0 Å². The summed E-state index contributed by atoms with van der Waals surface area (Å²) in [6, 6.07) is 17.6. The van der Waals surface area contributed by atoms with E-state index in [1.54, 1.807) is 68.8 Å². The third-order valence-electron chi connectivity index (χ3n) is 4.17. The van der Waals surface area contributed by atoms with Crippen LogP contribution in [-0.2, 0) is 4.74 Å². The van der Waals surface area contributed by atoms with Crippen molar-refractivity contribution in [1.29, 1.82) is 0 Å². The second-order valence-electron chi connectivity index (χ2n) is 6.02. The van der Waals surface area contributed by atoms with Gasteiger partial charge in [-0.2, -0.15) is 0 Å². The van der Waals surface area contributed by atoms with E-state index in [1.807, 2.05) is 11.4 Å². The maximum atomic E-state index is 12.6. The van der Waals surface area contributed by atoms with E-state index in [9.17, 15) is 9.59 Å². The molecule has 3 rings (SSSR count). The van der Waals surface area contributed by atoms with Crippen molar-refractivity contribution in [1.82, 2.24) is 0 Å². The highest BCUT2D eigenvalue weighted by atomic mass is 32.1. The van der Waals surface area contributed by atoms with Gasteiger partial charge in [-0.1, -0.05) is 18.2 Å². The Kier molecular flexibility index (Phi) is 6.86. The zero-order valence-electron chi connectivity index (χ0n) is 16.2. The Morgan fingerprint density at radius 1 is 0.931 bits per heavy atom. The van der Waals surface area contributed by atoms with Gasteiger partial charge in [-0.05, 0) is 47.8 Å². The first kappa shape index (κ1) is 20.4. The molecule has 0 aliphatic carbocycles. The van der Waals surface area contributed by atoms with E-state index in [4.69, 9.17) is 14.2 Å². The van der Waals surface area contributed by atoms with E-state index in [2.05, 4.69) is 0 Å². The van der Waals surface area contributed by atoms with Crippen LogP contribution in [0.1, 0.15) is 20.0 Å². The minimum Gasteiger partial charge on any atom is -0.497 e. The Morgan fingerprint density at radius 3 is 2.34 bits per heavy atom. The molecule has 0 saturated heterocycles. The van der Waals surface area contributed by atoms with Crippen molar-refractivity contribution in [3.8, 4) is 11.5 Å². The Labute approximate surface area is 173 Å². The van der Waals surface area contributed by atoms with Gasteiger partial charge in [0.1, 0.15) is 24.7 Å². The molecule has 0 bridgehead atoms. The maximum Gasteiger partial charge on any atom is 0.340 e. The maximum absolute atomic E-state index is 12.6. The van der Waals surface area contributed by atoms with Crippen molar-refractivity contribution in [3.05, 3.63) is 76.5 Å². The summed E-state index contributed by atoms with van der Waals surface area (Å²) in [6.07, 6.45) is 0. The number of thiophene rings is 1. The summed E-state index contributed by atoms with van der Waals surface area (Å²) in [5, 5.41) is 1.84. The van der Waals surface area contributed by atoms with Gasteiger partial charge in [0.15, 0.2) is 0 Å². The van der Waals surface area contributed by atoms with Crippen molar-refractivity contribution in [3.63, 3.8) is 0 Å². The van der Waals surface area contributed by atoms with Crippen LogP contribution >= 0.6 is 11.3 Å². The first-order valence-electron chi connectivity index (χ1n) is 8.94. The molecular formula is C22H21NO5S. The second-order valence-corrected chi connectivity index (χ2v) is 6.97. The van der Waals surface area contributed by atoms with E-state index < -0.39 is 5.97 Å². The van der Waals surface area contributed by atoms with Crippen LogP contribution < -0.4 is 14.4 Å². The molecule has 0 N–H and O–H groups in total. The normalized spacial score (nSPS) is 10.3. The average Bonchev–Trinajstić information content (AvgIpc) is 3.31. The Hall–Kier alpha value is -3.32. The number of amides is 1. The smallest absolute Gasteiger partial charge is 0.340 e. The third-order valence-corrected chi connectivity index (χ3v) is 5.02. The lowest BCUT2D eigenvalue weighted by molar-refractivity contribution is 0.0451. The highest BCUT2D eigenvalue weighted by Crippen LogP contribution is 2.23. The summed E-state index contributed by atoms with van der Waals surface area (Å²) >= 11 is 1.35. The minimum absolute atomic E-state index is 0.0851. The number of anilines is 1. The number of methoxy groups -OCH3 is 1. The minimum atomic E-state index is -0.509. The average molecular weight is 411 g/mol. The number of ether oxygens (including phenoxy) is 3. The number of carbonyl (C=O) groups excluding carboxylic acids is 2. The van der Waals surface area contributed by atoms with Crippen LogP contribution in [0.15, 0.2) is 66.0 Å². The summed E-state index contributed by atoms with van der Waals surface area (Å²) < 4.78 is 16.0. The predicted molar refractivity (Wildman–Crippen MR) is 112 cm³/mol. The first-order valence-corrected chi connectivity index (χ1v) is 9.82.